The lowest BCUT2D eigenvalue weighted by atomic mass is 10.5. The third-order valence-electron chi connectivity index (χ3n) is 0.950. The normalized spacial score (nSPS) is 17.0. The molecular formula is C5H7BrN2. The van der Waals surface area contributed by atoms with Crippen LogP contribution in [-0.2, 0) is 6.98 Å². The summed E-state index contributed by atoms with van der Waals surface area (Å²) in [7, 11) is 0. The van der Waals surface area contributed by atoms with Gasteiger partial charge in [-0.25, -0.2) is 0 Å². The molecule has 0 bridgehead atoms. The van der Waals surface area contributed by atoms with E-state index in [4.69, 9.17) is 4.11 Å². The van der Waals surface area contributed by atoms with Crippen molar-refractivity contribution in [3.63, 3.8) is 0 Å². The second-order valence-corrected chi connectivity index (χ2v) is 2.34. The maximum atomic E-state index is 7.04. The van der Waals surface area contributed by atoms with Crippen molar-refractivity contribution in [1.82, 2.24) is 9.78 Å². The number of nitrogens with zero attached hydrogens (tertiary/aromatic N) is 2. The van der Waals surface area contributed by atoms with Crippen molar-refractivity contribution in [2.75, 3.05) is 0 Å². The molecule has 1 aromatic heterocycles. The number of hydrogen-bond donors (Lipinski definition) is 0. The molecule has 44 valence electrons. The van der Waals surface area contributed by atoms with E-state index in [1.165, 1.54) is 6.20 Å². The first-order valence-corrected chi connectivity index (χ1v) is 2.93. The molecule has 3 heteroatoms. The third-order valence-corrected chi connectivity index (χ3v) is 1.73. The lowest BCUT2D eigenvalue weighted by Crippen LogP contribution is -1.91. The SMILES string of the molecule is [2H]C([2H])([2H])n1ncc(Br)c1C. The van der Waals surface area contributed by atoms with Crippen molar-refractivity contribution in [2.24, 2.45) is 6.98 Å². The fourth-order valence-corrected chi connectivity index (χ4v) is 0.649. The Bertz CT molecular complexity index is 265. The molecule has 0 aliphatic rings. The summed E-state index contributed by atoms with van der Waals surface area (Å²) in [5, 5.41) is 3.69. The molecule has 1 aromatic rings. The number of halogens is 1. The second-order valence-electron chi connectivity index (χ2n) is 1.49. The summed E-state index contributed by atoms with van der Waals surface area (Å²) in [5.41, 5.74) is 0.616. The van der Waals surface area contributed by atoms with Gasteiger partial charge in [0.05, 0.1) is 10.7 Å². The van der Waals surface area contributed by atoms with Crippen LogP contribution in [-0.4, -0.2) is 9.78 Å². The topological polar surface area (TPSA) is 17.8 Å². The second kappa shape index (κ2) is 1.90. The van der Waals surface area contributed by atoms with Crippen LogP contribution in [0.15, 0.2) is 10.7 Å². The molecule has 0 N–H and O–H groups in total. The molecule has 0 aliphatic carbocycles. The maximum Gasteiger partial charge on any atom is 0.0634 e. The van der Waals surface area contributed by atoms with Gasteiger partial charge >= 0.3 is 0 Å². The van der Waals surface area contributed by atoms with E-state index in [2.05, 4.69) is 21.0 Å². The highest BCUT2D eigenvalue weighted by atomic mass is 79.9. The van der Waals surface area contributed by atoms with Crippen LogP contribution >= 0.6 is 15.9 Å². The Kier molecular flexibility index (Phi) is 0.714. The fourth-order valence-electron chi connectivity index (χ4n) is 0.390. The average Bonchev–Trinajstić information content (AvgIpc) is 2.11. The minimum atomic E-state index is -2.17. The minimum Gasteiger partial charge on any atom is -0.272 e. The first-order chi connectivity index (χ1) is 4.93. The first-order valence-electron chi connectivity index (χ1n) is 3.63. The van der Waals surface area contributed by atoms with Gasteiger partial charge in [0.1, 0.15) is 0 Å². The van der Waals surface area contributed by atoms with Crippen molar-refractivity contribution >= 4 is 15.9 Å². The molecule has 1 heterocycles. The van der Waals surface area contributed by atoms with E-state index >= 15 is 0 Å². The number of hydrogen-bond acceptors (Lipinski definition) is 1. The van der Waals surface area contributed by atoms with Gasteiger partial charge in [0.15, 0.2) is 0 Å². The quantitative estimate of drug-likeness (QED) is 0.588. The van der Waals surface area contributed by atoms with E-state index in [1.54, 1.807) is 6.92 Å². The molecule has 0 saturated heterocycles. The Balaban J connectivity index is 3.15. The summed E-state index contributed by atoms with van der Waals surface area (Å²) in [4.78, 5) is 0. The smallest absolute Gasteiger partial charge is 0.0634 e. The molecule has 0 fully saturated rings. The van der Waals surface area contributed by atoms with Crippen molar-refractivity contribution in [2.45, 2.75) is 6.92 Å². The standard InChI is InChI=1S/C5H7BrN2/c1-4-5(6)3-7-8(4)2/h3H,1-2H3/i2D3. The van der Waals surface area contributed by atoms with Crippen molar-refractivity contribution in [3.05, 3.63) is 16.4 Å². The van der Waals surface area contributed by atoms with Crippen LogP contribution < -0.4 is 0 Å². The van der Waals surface area contributed by atoms with Crippen molar-refractivity contribution in [1.29, 1.82) is 0 Å². The van der Waals surface area contributed by atoms with E-state index in [9.17, 15) is 0 Å². The Morgan fingerprint density at radius 1 is 2.00 bits per heavy atom. The van der Waals surface area contributed by atoms with E-state index < -0.39 is 6.98 Å². The Morgan fingerprint density at radius 3 is 3.00 bits per heavy atom. The monoisotopic (exact) mass is 177 g/mol. The van der Waals surface area contributed by atoms with Gasteiger partial charge in [-0.3, -0.25) is 4.68 Å². The highest BCUT2D eigenvalue weighted by molar-refractivity contribution is 9.10. The first kappa shape index (κ1) is 3.01. The maximum absolute atomic E-state index is 7.04. The minimum absolute atomic E-state index is 0.616. The van der Waals surface area contributed by atoms with Crippen LogP contribution in [0.2, 0.25) is 0 Å². The zero-order valence-electron chi connectivity index (χ0n) is 7.35. The number of aromatic nitrogens is 2. The van der Waals surface area contributed by atoms with Crippen LogP contribution in [0.1, 0.15) is 9.81 Å². The van der Waals surface area contributed by atoms with E-state index in [0.29, 0.717) is 10.2 Å². The van der Waals surface area contributed by atoms with Gasteiger partial charge in [0, 0.05) is 16.8 Å². The Morgan fingerprint density at radius 2 is 2.75 bits per heavy atom. The summed E-state index contributed by atoms with van der Waals surface area (Å²) in [6.45, 7) is -0.473. The highest BCUT2D eigenvalue weighted by Gasteiger charge is 1.95. The van der Waals surface area contributed by atoms with Gasteiger partial charge in [-0.2, -0.15) is 5.10 Å². The van der Waals surface area contributed by atoms with Crippen molar-refractivity contribution in [3.8, 4) is 0 Å². The summed E-state index contributed by atoms with van der Waals surface area (Å²) >= 11 is 3.18. The number of rotatable bonds is 0. The molecule has 0 aliphatic heterocycles. The predicted molar refractivity (Wildman–Crippen MR) is 35.6 cm³/mol. The van der Waals surface area contributed by atoms with Crippen LogP contribution in [0.4, 0.5) is 0 Å². The van der Waals surface area contributed by atoms with E-state index in [-0.39, 0.29) is 0 Å². The van der Waals surface area contributed by atoms with Crippen LogP contribution in [0.3, 0.4) is 0 Å². The number of aryl methyl sites for hydroxylation is 1. The largest absolute Gasteiger partial charge is 0.272 e. The molecule has 0 amide bonds. The molecule has 0 unspecified atom stereocenters. The summed E-state index contributed by atoms with van der Waals surface area (Å²) < 4.78 is 22.8. The van der Waals surface area contributed by atoms with E-state index in [1.807, 2.05) is 0 Å². The molecular weight excluding hydrogens is 168 g/mol. The Labute approximate surface area is 60.9 Å². The predicted octanol–water partition coefficient (Wildman–Crippen LogP) is 1.49. The summed E-state index contributed by atoms with van der Waals surface area (Å²) in [6, 6.07) is 0. The molecule has 2 nitrogen and oxygen atoms in total. The molecule has 0 atom stereocenters. The van der Waals surface area contributed by atoms with Crippen LogP contribution in [0.25, 0.3) is 0 Å². The van der Waals surface area contributed by atoms with E-state index in [0.717, 1.165) is 4.68 Å². The molecule has 0 spiro atoms. The molecule has 0 aromatic carbocycles. The van der Waals surface area contributed by atoms with Gasteiger partial charge in [-0.1, -0.05) is 0 Å². The zero-order chi connectivity index (χ0) is 8.65. The lowest BCUT2D eigenvalue weighted by Gasteiger charge is -1.89. The third kappa shape index (κ3) is 0.777. The van der Waals surface area contributed by atoms with Gasteiger partial charge in [0.25, 0.3) is 0 Å². The Hall–Kier alpha value is -0.310. The van der Waals surface area contributed by atoms with Crippen molar-refractivity contribution < 1.29 is 4.11 Å². The molecule has 8 heavy (non-hydrogen) atoms. The fraction of sp³-hybridized carbons (Fsp3) is 0.400. The molecule has 1 rings (SSSR count). The molecule has 0 saturated carbocycles. The molecule has 0 radical (unpaired) electrons. The van der Waals surface area contributed by atoms with Gasteiger partial charge in [0.2, 0.25) is 0 Å². The van der Waals surface area contributed by atoms with Crippen LogP contribution in [0.5, 0.6) is 0 Å². The van der Waals surface area contributed by atoms with Gasteiger partial charge < -0.3 is 0 Å². The van der Waals surface area contributed by atoms with Gasteiger partial charge in [-0.15, -0.1) is 0 Å². The van der Waals surface area contributed by atoms with Crippen LogP contribution in [0, 0.1) is 6.92 Å². The van der Waals surface area contributed by atoms with Gasteiger partial charge in [-0.05, 0) is 22.9 Å². The lowest BCUT2D eigenvalue weighted by molar-refractivity contribution is 0.739. The average molecular weight is 178 g/mol. The zero-order valence-corrected chi connectivity index (χ0v) is 5.94. The summed E-state index contributed by atoms with van der Waals surface area (Å²) in [5.74, 6) is 0. The highest BCUT2D eigenvalue weighted by Crippen LogP contribution is 2.12. The summed E-state index contributed by atoms with van der Waals surface area (Å²) in [6.07, 6.45) is 1.47.